The number of hydrogen-bond donors (Lipinski definition) is 5. The Morgan fingerprint density at radius 3 is 1.38 bits per heavy atom. The van der Waals surface area contributed by atoms with Gasteiger partial charge in [-0.3, -0.25) is 9.97 Å². The molecule has 16 nitrogen and oxygen atoms in total. The van der Waals surface area contributed by atoms with Crippen LogP contribution in [0.5, 0.6) is 17.5 Å². The van der Waals surface area contributed by atoms with Crippen LogP contribution in [0.15, 0.2) is 72.8 Å². The maximum Gasteiger partial charge on any atom is 0.323 e. The van der Waals surface area contributed by atoms with E-state index in [-0.39, 0.29) is 54.2 Å². The topological polar surface area (TPSA) is 199 Å². The highest BCUT2D eigenvalue weighted by molar-refractivity contribution is 6.32. The molecule has 6 aromatic rings. The maximum atomic E-state index is 8.60. The summed E-state index contributed by atoms with van der Waals surface area (Å²) >= 11 is 18.5. The quantitative estimate of drug-likeness (QED) is 0.0645. The highest BCUT2D eigenvalue weighted by Crippen LogP contribution is 2.31. The summed E-state index contributed by atoms with van der Waals surface area (Å²) < 4.78 is 16.3. The van der Waals surface area contributed by atoms with Crippen LogP contribution in [-0.2, 0) is 13.2 Å². The molecule has 0 amide bonds. The molecule has 0 aliphatic heterocycles. The fourth-order valence-electron chi connectivity index (χ4n) is 7.48. The number of methoxy groups -OCH3 is 2. The lowest BCUT2D eigenvalue weighted by molar-refractivity contribution is 0.276. The number of nitrogens with zero attached hydrogens (tertiary/aromatic N) is 8. The van der Waals surface area contributed by atoms with Crippen molar-refractivity contribution in [2.75, 3.05) is 35.5 Å². The predicted molar refractivity (Wildman–Crippen MR) is 293 cm³/mol. The normalized spacial score (nSPS) is 13.4. The molecular formula is C52H75Cl3N12O4. The van der Waals surface area contributed by atoms with Gasteiger partial charge in [0, 0.05) is 34.8 Å². The van der Waals surface area contributed by atoms with Gasteiger partial charge in [-0.05, 0) is 112 Å². The molecule has 2 aliphatic carbocycles. The van der Waals surface area contributed by atoms with Crippen molar-refractivity contribution in [1.82, 2.24) is 39.9 Å². The molecule has 0 spiro atoms. The van der Waals surface area contributed by atoms with Crippen molar-refractivity contribution in [3.05, 3.63) is 111 Å². The van der Waals surface area contributed by atoms with E-state index in [1.807, 2.05) is 56.3 Å². The van der Waals surface area contributed by atoms with E-state index in [1.54, 1.807) is 44.6 Å². The molecule has 4 heterocycles. The average Bonchev–Trinajstić information content (AvgIpc) is 3.74. The number of rotatable bonds is 14. The SMILES string of the molecule is C.C.C.C.COc1ccc(Nc2nc(Cl)nc(NC3CCCCCC3)n2)cc1Cl.COc1ccc(Nc2nc(NC3CCCCCC3)nc(OCc3cccc(C)n3)n2)cc1Cl.Cc1cccc(CO)n1. The minimum atomic E-state index is 0. The summed E-state index contributed by atoms with van der Waals surface area (Å²) in [6.07, 6.45) is 14.5. The molecule has 5 N–H and O–H groups in total. The van der Waals surface area contributed by atoms with Gasteiger partial charge in [0.05, 0.1) is 42.3 Å². The van der Waals surface area contributed by atoms with Gasteiger partial charge in [0.25, 0.3) is 0 Å². The van der Waals surface area contributed by atoms with Crippen LogP contribution in [0.2, 0.25) is 15.3 Å². The average molecular weight is 1040 g/mol. The number of halogens is 3. The minimum Gasteiger partial charge on any atom is -0.495 e. The van der Waals surface area contributed by atoms with E-state index >= 15 is 0 Å². The number of pyridine rings is 2. The largest absolute Gasteiger partial charge is 0.495 e. The Balaban J connectivity index is 0.000000403. The molecule has 2 aromatic carbocycles. The van der Waals surface area contributed by atoms with Crippen LogP contribution < -0.4 is 35.5 Å². The smallest absolute Gasteiger partial charge is 0.323 e. The summed E-state index contributed by atoms with van der Waals surface area (Å²) in [5.41, 5.74) is 4.90. The second-order valence-corrected chi connectivity index (χ2v) is 17.3. The van der Waals surface area contributed by atoms with E-state index in [4.69, 9.17) is 54.1 Å². The number of ether oxygens (including phenoxy) is 3. The summed E-state index contributed by atoms with van der Waals surface area (Å²) in [6.45, 7) is 4.15. The molecule has 0 saturated heterocycles. The lowest BCUT2D eigenvalue weighted by Gasteiger charge is -2.17. The lowest BCUT2D eigenvalue weighted by Crippen LogP contribution is -2.21. The minimum absolute atomic E-state index is 0. The van der Waals surface area contributed by atoms with Crippen LogP contribution >= 0.6 is 34.8 Å². The summed E-state index contributed by atoms with van der Waals surface area (Å²) in [6, 6.07) is 23.1. The molecule has 0 bridgehead atoms. The zero-order valence-electron chi connectivity index (χ0n) is 38.4. The van der Waals surface area contributed by atoms with Crippen molar-refractivity contribution < 1.29 is 19.3 Å². The number of aromatic nitrogens is 8. The zero-order valence-corrected chi connectivity index (χ0v) is 40.6. The van der Waals surface area contributed by atoms with Gasteiger partial charge >= 0.3 is 6.01 Å². The first-order valence-corrected chi connectivity index (χ1v) is 23.7. The monoisotopic (exact) mass is 1040 g/mol. The molecular weight excluding hydrogens is 963 g/mol. The van der Waals surface area contributed by atoms with Gasteiger partial charge in [-0.1, -0.05) is 116 Å². The lowest BCUT2D eigenvalue weighted by atomic mass is 10.1. The van der Waals surface area contributed by atoms with Gasteiger partial charge in [0.2, 0.25) is 29.1 Å². The first kappa shape index (κ1) is 61.3. The number of benzene rings is 2. The molecule has 2 fully saturated rings. The molecule has 8 rings (SSSR count). The van der Waals surface area contributed by atoms with Crippen molar-refractivity contribution in [2.45, 2.75) is 146 Å². The maximum absolute atomic E-state index is 8.60. The molecule has 2 aliphatic rings. The third-order valence-corrected chi connectivity index (χ3v) is 11.6. The first-order valence-electron chi connectivity index (χ1n) is 22.6. The van der Waals surface area contributed by atoms with Gasteiger partial charge in [0.15, 0.2) is 0 Å². The number of aryl methyl sites for hydroxylation is 2. The molecule has 19 heteroatoms. The van der Waals surface area contributed by atoms with Crippen molar-refractivity contribution in [3.63, 3.8) is 0 Å². The van der Waals surface area contributed by atoms with Crippen LogP contribution in [0, 0.1) is 13.8 Å². The Bertz CT molecular complexity index is 2480. The number of aliphatic hydroxyl groups excluding tert-OH is 1. The predicted octanol–water partition coefficient (Wildman–Crippen LogP) is 14.2. The zero-order chi connectivity index (χ0) is 47.4. The van der Waals surface area contributed by atoms with E-state index in [9.17, 15) is 0 Å². The van der Waals surface area contributed by atoms with Crippen molar-refractivity contribution in [3.8, 4) is 17.5 Å². The number of anilines is 6. The van der Waals surface area contributed by atoms with E-state index in [1.165, 1.54) is 51.4 Å². The van der Waals surface area contributed by atoms with Crippen LogP contribution in [0.3, 0.4) is 0 Å². The van der Waals surface area contributed by atoms with Crippen LogP contribution in [-0.4, -0.2) is 71.3 Å². The Hall–Kier alpha value is -5.81. The molecule has 0 radical (unpaired) electrons. The molecule has 388 valence electrons. The van der Waals surface area contributed by atoms with Crippen LogP contribution in [0.4, 0.5) is 35.2 Å². The summed E-state index contributed by atoms with van der Waals surface area (Å²) in [7, 11) is 3.16. The van der Waals surface area contributed by atoms with E-state index in [0.29, 0.717) is 57.4 Å². The molecule has 2 saturated carbocycles. The highest BCUT2D eigenvalue weighted by Gasteiger charge is 2.17. The standard InChI is InChI=1S/C24H29ClN6O2.C17H21Cl2N5O.C7H9NO.4CH4/c1-16-8-7-11-19(26-16)15-33-24-30-22(27-17-9-5-3-4-6-10-17)29-23(31-24)28-18-12-13-21(32-2)20(25)14-18;1-25-14-9-8-12(10-13(14)18)21-17-23-15(19)22-16(24-17)20-11-6-4-2-3-5-7-11;1-6-3-2-4-7(5-9)8-6;;;;/h7-8,11-14,17H,3-6,9-10,15H2,1-2H3,(H2,27,28,29,30,31);8-11H,2-7H2,1H3,(H2,20,21,22,23,24);2-4,9H,5H2,1H3;4*1H4. The fourth-order valence-corrected chi connectivity index (χ4v) is 8.15. The third kappa shape index (κ3) is 20.8. The first-order chi connectivity index (χ1) is 32.5. The molecule has 71 heavy (non-hydrogen) atoms. The van der Waals surface area contributed by atoms with E-state index in [0.717, 1.165) is 59.8 Å². The number of hydrogen-bond acceptors (Lipinski definition) is 16. The van der Waals surface area contributed by atoms with Crippen molar-refractivity contribution >= 4 is 70.0 Å². The summed E-state index contributed by atoms with van der Waals surface area (Å²) in [5, 5.41) is 22.9. The Kier molecular flexibility index (Phi) is 27.8. The molecule has 0 atom stereocenters. The van der Waals surface area contributed by atoms with Gasteiger partial charge in [-0.15, -0.1) is 0 Å². The van der Waals surface area contributed by atoms with Gasteiger partial charge in [-0.2, -0.15) is 29.9 Å². The molecule has 4 aromatic heterocycles. The Labute approximate surface area is 437 Å². The van der Waals surface area contributed by atoms with E-state index in [2.05, 4.69) is 61.1 Å². The summed E-state index contributed by atoms with van der Waals surface area (Å²) in [4.78, 5) is 34.8. The fraction of sp³-hybridized carbons (Fsp3) is 0.462. The molecule has 0 unspecified atom stereocenters. The number of nitrogens with one attached hydrogen (secondary N) is 4. The highest BCUT2D eigenvalue weighted by atomic mass is 35.5. The number of aliphatic hydroxyl groups is 1. The van der Waals surface area contributed by atoms with Gasteiger partial charge in [-0.25, -0.2) is 0 Å². The third-order valence-electron chi connectivity index (χ3n) is 10.8. The van der Waals surface area contributed by atoms with Gasteiger partial charge < -0.3 is 40.6 Å². The Morgan fingerprint density at radius 2 is 0.944 bits per heavy atom. The van der Waals surface area contributed by atoms with Gasteiger partial charge in [0.1, 0.15) is 18.1 Å². The summed E-state index contributed by atoms with van der Waals surface area (Å²) in [5.74, 6) is 2.94. The van der Waals surface area contributed by atoms with E-state index < -0.39 is 0 Å². The second kappa shape index (κ2) is 32.2. The Morgan fingerprint density at radius 1 is 0.521 bits per heavy atom. The van der Waals surface area contributed by atoms with Crippen LogP contribution in [0.25, 0.3) is 0 Å². The van der Waals surface area contributed by atoms with Crippen molar-refractivity contribution in [1.29, 1.82) is 0 Å². The van der Waals surface area contributed by atoms with Crippen LogP contribution in [0.1, 0.15) is 130 Å². The van der Waals surface area contributed by atoms with Crippen molar-refractivity contribution in [2.24, 2.45) is 0 Å². The second-order valence-electron chi connectivity index (χ2n) is 16.1.